The van der Waals surface area contributed by atoms with Crippen molar-refractivity contribution in [2.24, 2.45) is 0 Å². The third-order valence-electron chi connectivity index (χ3n) is 2.57. The van der Waals surface area contributed by atoms with Crippen LogP contribution in [0.5, 0.6) is 5.75 Å². The zero-order chi connectivity index (χ0) is 12.4. The number of allylic oxidation sites excluding steroid dienone is 1. The molecule has 0 radical (unpaired) electrons. The Labute approximate surface area is 97.9 Å². The van der Waals surface area contributed by atoms with E-state index in [1.54, 1.807) is 19.4 Å². The number of nitrogens with zero attached hydrogens (tertiary/aromatic N) is 1. The number of nitrogens with one attached hydrogen (secondary N) is 1. The normalized spacial score (nSPS) is 11.8. The highest BCUT2D eigenvalue weighted by Gasteiger charge is 2.07. The Morgan fingerprint density at radius 2 is 2.29 bits per heavy atom. The molecule has 1 heterocycles. The van der Waals surface area contributed by atoms with Crippen LogP contribution in [0.25, 0.3) is 17.0 Å². The summed E-state index contributed by atoms with van der Waals surface area (Å²) in [4.78, 5) is 13.2. The number of hydrogen-bond acceptors (Lipinski definition) is 3. The van der Waals surface area contributed by atoms with Crippen molar-refractivity contribution >= 4 is 17.0 Å². The van der Waals surface area contributed by atoms with Gasteiger partial charge in [0.1, 0.15) is 5.75 Å². The van der Waals surface area contributed by atoms with Gasteiger partial charge in [0.25, 0.3) is 0 Å². The second kappa shape index (κ2) is 4.29. The number of ether oxygens (including phenoxy) is 1. The highest BCUT2D eigenvalue weighted by atomic mass is 16.6. The van der Waals surface area contributed by atoms with E-state index < -0.39 is 4.92 Å². The molecule has 0 aliphatic carbocycles. The maximum atomic E-state index is 10.6. The number of benzene rings is 1. The molecular weight excluding hydrogens is 220 g/mol. The fraction of sp³-hybridized carbons (Fsp3) is 0.167. The first-order valence-electron chi connectivity index (χ1n) is 5.09. The summed E-state index contributed by atoms with van der Waals surface area (Å²) < 4.78 is 5.11. The predicted molar refractivity (Wildman–Crippen MR) is 65.5 cm³/mol. The van der Waals surface area contributed by atoms with E-state index in [-0.39, 0.29) is 5.70 Å². The SMILES string of the molecule is COc1ccc2c(/C=C(\C)[N+](=O)[O-])c[nH]c2c1. The first kappa shape index (κ1) is 11.2. The lowest BCUT2D eigenvalue weighted by Gasteiger charge is -1.98. The van der Waals surface area contributed by atoms with Crippen molar-refractivity contribution < 1.29 is 9.66 Å². The highest BCUT2D eigenvalue weighted by molar-refractivity contribution is 5.89. The van der Waals surface area contributed by atoms with Crippen LogP contribution >= 0.6 is 0 Å². The molecule has 2 rings (SSSR count). The van der Waals surface area contributed by atoms with Gasteiger partial charge in [0.05, 0.1) is 12.0 Å². The topological polar surface area (TPSA) is 68.2 Å². The van der Waals surface area contributed by atoms with Gasteiger partial charge >= 0.3 is 0 Å². The van der Waals surface area contributed by atoms with E-state index in [9.17, 15) is 10.1 Å². The number of aromatic nitrogens is 1. The average Bonchev–Trinajstić information content (AvgIpc) is 2.71. The molecule has 0 atom stereocenters. The van der Waals surface area contributed by atoms with Gasteiger partial charge in [-0.25, -0.2) is 0 Å². The summed E-state index contributed by atoms with van der Waals surface area (Å²) in [6.45, 7) is 1.47. The van der Waals surface area contributed by atoms with E-state index in [1.165, 1.54) is 6.92 Å². The van der Waals surface area contributed by atoms with Gasteiger partial charge in [0, 0.05) is 41.7 Å². The summed E-state index contributed by atoms with van der Waals surface area (Å²) in [6.07, 6.45) is 3.29. The van der Waals surface area contributed by atoms with Crippen LogP contribution in [-0.4, -0.2) is 17.0 Å². The number of fused-ring (bicyclic) bond motifs is 1. The molecule has 0 unspecified atom stereocenters. The predicted octanol–water partition coefficient (Wildman–Crippen LogP) is 2.81. The highest BCUT2D eigenvalue weighted by Crippen LogP contribution is 2.24. The van der Waals surface area contributed by atoms with E-state index in [1.807, 2.05) is 18.2 Å². The zero-order valence-corrected chi connectivity index (χ0v) is 9.56. The molecule has 1 aromatic heterocycles. The molecule has 17 heavy (non-hydrogen) atoms. The number of rotatable bonds is 3. The Morgan fingerprint density at radius 3 is 2.94 bits per heavy atom. The van der Waals surface area contributed by atoms with Crippen LogP contribution in [0.4, 0.5) is 0 Å². The summed E-state index contributed by atoms with van der Waals surface area (Å²) >= 11 is 0. The Kier molecular flexibility index (Phi) is 2.82. The van der Waals surface area contributed by atoms with Crippen LogP contribution in [-0.2, 0) is 0 Å². The van der Waals surface area contributed by atoms with Gasteiger partial charge < -0.3 is 9.72 Å². The van der Waals surface area contributed by atoms with E-state index in [0.717, 1.165) is 22.2 Å². The Balaban J connectivity index is 2.50. The molecule has 0 aliphatic heterocycles. The van der Waals surface area contributed by atoms with Gasteiger partial charge in [-0.1, -0.05) is 0 Å². The van der Waals surface area contributed by atoms with Crippen molar-refractivity contribution in [3.63, 3.8) is 0 Å². The number of nitro groups is 1. The van der Waals surface area contributed by atoms with E-state index >= 15 is 0 Å². The lowest BCUT2D eigenvalue weighted by molar-refractivity contribution is -0.422. The third-order valence-corrected chi connectivity index (χ3v) is 2.57. The van der Waals surface area contributed by atoms with Gasteiger partial charge in [0.2, 0.25) is 5.70 Å². The van der Waals surface area contributed by atoms with Crippen molar-refractivity contribution in [3.05, 3.63) is 45.8 Å². The van der Waals surface area contributed by atoms with Crippen LogP contribution in [0.1, 0.15) is 12.5 Å². The van der Waals surface area contributed by atoms with Gasteiger partial charge in [-0.2, -0.15) is 0 Å². The molecule has 1 N–H and O–H groups in total. The van der Waals surface area contributed by atoms with E-state index in [2.05, 4.69) is 4.98 Å². The van der Waals surface area contributed by atoms with E-state index in [0.29, 0.717) is 0 Å². The summed E-state index contributed by atoms with van der Waals surface area (Å²) in [5.74, 6) is 0.751. The fourth-order valence-electron chi connectivity index (χ4n) is 1.65. The minimum absolute atomic E-state index is 0.113. The van der Waals surface area contributed by atoms with Gasteiger partial charge in [-0.05, 0) is 12.1 Å². The molecule has 0 saturated heterocycles. The minimum Gasteiger partial charge on any atom is -0.497 e. The second-order valence-corrected chi connectivity index (χ2v) is 3.70. The number of aromatic amines is 1. The van der Waals surface area contributed by atoms with Crippen molar-refractivity contribution in [2.45, 2.75) is 6.92 Å². The lowest BCUT2D eigenvalue weighted by Crippen LogP contribution is -1.92. The van der Waals surface area contributed by atoms with Crippen LogP contribution in [0.15, 0.2) is 30.1 Å². The van der Waals surface area contributed by atoms with Crippen LogP contribution < -0.4 is 4.74 Å². The molecule has 0 saturated carbocycles. The van der Waals surface area contributed by atoms with Gasteiger partial charge in [0.15, 0.2) is 0 Å². The quantitative estimate of drug-likeness (QED) is 0.653. The van der Waals surface area contributed by atoms with Gasteiger partial charge in [-0.15, -0.1) is 0 Å². The number of H-pyrrole nitrogens is 1. The minimum atomic E-state index is -0.400. The van der Waals surface area contributed by atoms with Crippen LogP contribution in [0.3, 0.4) is 0 Å². The fourth-order valence-corrected chi connectivity index (χ4v) is 1.65. The Bertz CT molecular complexity index is 599. The molecule has 88 valence electrons. The largest absolute Gasteiger partial charge is 0.497 e. The molecule has 5 nitrogen and oxygen atoms in total. The molecule has 2 aromatic rings. The Morgan fingerprint density at radius 1 is 1.53 bits per heavy atom. The smallest absolute Gasteiger partial charge is 0.243 e. The van der Waals surface area contributed by atoms with Crippen LogP contribution in [0.2, 0.25) is 0 Å². The average molecular weight is 232 g/mol. The molecule has 5 heteroatoms. The molecule has 1 aromatic carbocycles. The molecular formula is C12H12N2O3. The lowest BCUT2D eigenvalue weighted by atomic mass is 10.1. The number of methoxy groups -OCH3 is 1. The van der Waals surface area contributed by atoms with Crippen molar-refractivity contribution in [3.8, 4) is 5.75 Å². The molecule has 0 amide bonds. The summed E-state index contributed by atoms with van der Waals surface area (Å²) in [5, 5.41) is 11.5. The maximum Gasteiger partial charge on any atom is 0.243 e. The standard InChI is InChI=1S/C12H12N2O3/c1-8(14(15)16)5-9-7-13-12-6-10(17-2)3-4-11(9)12/h3-7,13H,1-2H3/b8-5+. The molecule has 0 fully saturated rings. The number of hydrogen-bond donors (Lipinski definition) is 1. The Hall–Kier alpha value is -2.30. The first-order valence-corrected chi connectivity index (χ1v) is 5.09. The third kappa shape index (κ3) is 2.13. The summed E-state index contributed by atoms with van der Waals surface area (Å²) in [5.41, 5.74) is 1.81. The van der Waals surface area contributed by atoms with Crippen molar-refractivity contribution in [1.82, 2.24) is 4.98 Å². The van der Waals surface area contributed by atoms with E-state index in [4.69, 9.17) is 4.74 Å². The zero-order valence-electron chi connectivity index (χ0n) is 9.56. The van der Waals surface area contributed by atoms with Crippen molar-refractivity contribution in [2.75, 3.05) is 7.11 Å². The molecule has 0 spiro atoms. The van der Waals surface area contributed by atoms with Gasteiger partial charge in [-0.3, -0.25) is 10.1 Å². The van der Waals surface area contributed by atoms with Crippen LogP contribution in [0, 0.1) is 10.1 Å². The maximum absolute atomic E-state index is 10.6. The monoisotopic (exact) mass is 232 g/mol. The summed E-state index contributed by atoms with van der Waals surface area (Å²) in [7, 11) is 1.60. The van der Waals surface area contributed by atoms with Crippen molar-refractivity contribution in [1.29, 1.82) is 0 Å². The summed E-state index contributed by atoms with van der Waals surface area (Å²) in [6, 6.07) is 5.56. The first-order chi connectivity index (χ1) is 8.11. The molecule has 0 aliphatic rings. The second-order valence-electron chi connectivity index (χ2n) is 3.70. The molecule has 0 bridgehead atoms.